The first-order valence-corrected chi connectivity index (χ1v) is 7.96. The molecular formula is C15H23NOS. The summed E-state index contributed by atoms with van der Waals surface area (Å²) >= 11 is 0. The molecule has 1 aromatic rings. The van der Waals surface area contributed by atoms with E-state index in [1.54, 1.807) is 0 Å². The van der Waals surface area contributed by atoms with Gasteiger partial charge in [-0.2, -0.15) is 0 Å². The van der Waals surface area contributed by atoms with Gasteiger partial charge in [0.15, 0.2) is 0 Å². The van der Waals surface area contributed by atoms with Crippen LogP contribution in [0.3, 0.4) is 0 Å². The molecule has 0 aliphatic heterocycles. The summed E-state index contributed by atoms with van der Waals surface area (Å²) in [4.78, 5) is 0.932. The summed E-state index contributed by atoms with van der Waals surface area (Å²) in [6.07, 6.45) is 3.42. The molecular weight excluding hydrogens is 242 g/mol. The van der Waals surface area contributed by atoms with Crippen LogP contribution in [0.1, 0.15) is 38.7 Å². The zero-order valence-corrected chi connectivity index (χ0v) is 12.3. The van der Waals surface area contributed by atoms with Crippen molar-refractivity contribution in [2.24, 2.45) is 11.8 Å². The number of benzene rings is 1. The molecule has 3 heteroatoms. The molecule has 0 aromatic heterocycles. The first-order chi connectivity index (χ1) is 8.49. The minimum absolute atomic E-state index is 0.296. The molecule has 0 amide bonds. The van der Waals surface area contributed by atoms with Gasteiger partial charge in [0.2, 0.25) is 0 Å². The monoisotopic (exact) mass is 265 g/mol. The SMILES string of the molecule is Cc1c(N)cccc1S(=O)C1CC(C)CC(C)C1. The van der Waals surface area contributed by atoms with Gasteiger partial charge in [-0.15, -0.1) is 0 Å². The van der Waals surface area contributed by atoms with Crippen molar-refractivity contribution in [1.29, 1.82) is 0 Å². The van der Waals surface area contributed by atoms with Gasteiger partial charge in [0.1, 0.15) is 0 Å². The van der Waals surface area contributed by atoms with Gasteiger partial charge < -0.3 is 5.73 Å². The molecule has 0 heterocycles. The standard InChI is InChI=1S/C15H23NOS/c1-10-7-11(2)9-13(8-10)18(17)15-6-4-5-14(16)12(15)3/h4-6,10-11,13H,7-9,16H2,1-3H3. The van der Waals surface area contributed by atoms with Crippen molar-refractivity contribution in [2.75, 3.05) is 5.73 Å². The lowest BCUT2D eigenvalue weighted by molar-refractivity contribution is 0.305. The van der Waals surface area contributed by atoms with Crippen LogP contribution in [0, 0.1) is 18.8 Å². The zero-order valence-electron chi connectivity index (χ0n) is 11.5. The van der Waals surface area contributed by atoms with E-state index < -0.39 is 10.8 Å². The highest BCUT2D eigenvalue weighted by Gasteiger charge is 2.29. The highest BCUT2D eigenvalue weighted by molar-refractivity contribution is 7.85. The van der Waals surface area contributed by atoms with Gasteiger partial charge in [-0.05, 0) is 55.7 Å². The van der Waals surface area contributed by atoms with Gasteiger partial charge >= 0.3 is 0 Å². The molecule has 18 heavy (non-hydrogen) atoms. The quantitative estimate of drug-likeness (QED) is 0.832. The molecule has 2 nitrogen and oxygen atoms in total. The first kappa shape index (κ1) is 13.6. The van der Waals surface area contributed by atoms with Crippen LogP contribution in [-0.4, -0.2) is 9.46 Å². The summed E-state index contributed by atoms with van der Waals surface area (Å²) < 4.78 is 12.7. The topological polar surface area (TPSA) is 43.1 Å². The lowest BCUT2D eigenvalue weighted by Crippen LogP contribution is -2.28. The fraction of sp³-hybridized carbons (Fsp3) is 0.600. The van der Waals surface area contributed by atoms with Crippen molar-refractivity contribution in [3.63, 3.8) is 0 Å². The van der Waals surface area contributed by atoms with E-state index in [9.17, 15) is 4.21 Å². The molecule has 1 aliphatic rings. The van der Waals surface area contributed by atoms with Crippen LogP contribution in [0.15, 0.2) is 23.1 Å². The molecule has 100 valence electrons. The van der Waals surface area contributed by atoms with E-state index in [-0.39, 0.29) is 0 Å². The van der Waals surface area contributed by atoms with E-state index in [4.69, 9.17) is 5.73 Å². The van der Waals surface area contributed by atoms with Crippen LogP contribution in [0.2, 0.25) is 0 Å². The predicted octanol–water partition coefficient (Wildman–Crippen LogP) is 3.51. The van der Waals surface area contributed by atoms with Crippen molar-refractivity contribution in [3.05, 3.63) is 23.8 Å². The van der Waals surface area contributed by atoms with Crippen LogP contribution in [0.4, 0.5) is 5.69 Å². The highest BCUT2D eigenvalue weighted by Crippen LogP contribution is 2.34. The van der Waals surface area contributed by atoms with E-state index in [1.165, 1.54) is 6.42 Å². The summed E-state index contributed by atoms with van der Waals surface area (Å²) in [5.41, 5.74) is 7.64. The zero-order chi connectivity index (χ0) is 13.3. The van der Waals surface area contributed by atoms with Crippen LogP contribution >= 0.6 is 0 Å². The summed E-state index contributed by atoms with van der Waals surface area (Å²) in [5, 5.41) is 0.296. The van der Waals surface area contributed by atoms with Crippen LogP contribution < -0.4 is 5.73 Å². The van der Waals surface area contributed by atoms with E-state index in [0.717, 1.165) is 29.0 Å². The van der Waals surface area contributed by atoms with E-state index >= 15 is 0 Å². The van der Waals surface area contributed by atoms with Crippen LogP contribution in [0.25, 0.3) is 0 Å². The Balaban J connectivity index is 2.23. The number of nitrogens with two attached hydrogens (primary N) is 1. The molecule has 3 atom stereocenters. The van der Waals surface area contributed by atoms with Crippen molar-refractivity contribution in [3.8, 4) is 0 Å². The molecule has 1 fully saturated rings. The molecule has 2 rings (SSSR count). The summed E-state index contributed by atoms with van der Waals surface area (Å²) in [5.74, 6) is 1.37. The Labute approximate surface area is 112 Å². The third-order valence-electron chi connectivity index (χ3n) is 3.98. The maximum absolute atomic E-state index is 12.7. The Hall–Kier alpha value is -0.830. The number of hydrogen-bond acceptors (Lipinski definition) is 2. The molecule has 1 saturated carbocycles. The fourth-order valence-electron chi connectivity index (χ4n) is 3.08. The van der Waals surface area contributed by atoms with Gasteiger partial charge in [0.25, 0.3) is 0 Å². The van der Waals surface area contributed by atoms with Gasteiger partial charge in [0.05, 0.1) is 10.8 Å². The van der Waals surface area contributed by atoms with Crippen LogP contribution in [-0.2, 0) is 10.8 Å². The lowest BCUT2D eigenvalue weighted by Gasteiger charge is -2.31. The van der Waals surface area contributed by atoms with Crippen molar-refractivity contribution in [2.45, 2.75) is 50.2 Å². The molecule has 2 N–H and O–H groups in total. The number of rotatable bonds is 2. The lowest BCUT2D eigenvalue weighted by atomic mass is 9.83. The van der Waals surface area contributed by atoms with Crippen LogP contribution in [0.5, 0.6) is 0 Å². The second-order valence-corrected chi connectivity index (χ2v) is 7.51. The van der Waals surface area contributed by atoms with Gasteiger partial charge in [-0.25, -0.2) is 0 Å². The molecule has 1 aliphatic carbocycles. The van der Waals surface area contributed by atoms with Gasteiger partial charge in [0, 0.05) is 15.8 Å². The Kier molecular flexibility index (Phi) is 4.10. The Morgan fingerprint density at radius 2 is 1.78 bits per heavy atom. The number of nitrogen functional groups attached to an aromatic ring is 1. The summed E-state index contributed by atoms with van der Waals surface area (Å²) in [7, 11) is -0.913. The highest BCUT2D eigenvalue weighted by atomic mass is 32.2. The maximum atomic E-state index is 12.7. The third kappa shape index (κ3) is 2.77. The molecule has 0 saturated heterocycles. The molecule has 1 aromatic carbocycles. The van der Waals surface area contributed by atoms with Gasteiger partial charge in [-0.1, -0.05) is 19.9 Å². The van der Waals surface area contributed by atoms with E-state index in [2.05, 4.69) is 13.8 Å². The largest absolute Gasteiger partial charge is 0.398 e. The Bertz CT molecular complexity index is 448. The molecule has 0 radical (unpaired) electrons. The maximum Gasteiger partial charge on any atom is 0.0564 e. The smallest absolute Gasteiger partial charge is 0.0564 e. The minimum atomic E-state index is -0.913. The van der Waals surface area contributed by atoms with Crippen molar-refractivity contribution >= 4 is 16.5 Å². The van der Waals surface area contributed by atoms with Crippen molar-refractivity contribution < 1.29 is 4.21 Å². The van der Waals surface area contributed by atoms with E-state index in [1.807, 2.05) is 25.1 Å². The fourth-order valence-corrected chi connectivity index (χ4v) is 5.07. The minimum Gasteiger partial charge on any atom is -0.398 e. The normalized spacial score (nSPS) is 30.1. The molecule has 0 spiro atoms. The second-order valence-electron chi connectivity index (χ2n) is 5.81. The van der Waals surface area contributed by atoms with Crippen molar-refractivity contribution in [1.82, 2.24) is 0 Å². The Morgan fingerprint density at radius 1 is 1.17 bits per heavy atom. The first-order valence-electron chi connectivity index (χ1n) is 6.74. The predicted molar refractivity (Wildman–Crippen MR) is 78.0 cm³/mol. The Morgan fingerprint density at radius 3 is 2.39 bits per heavy atom. The molecule has 0 bridgehead atoms. The molecule has 3 unspecified atom stereocenters. The summed E-state index contributed by atoms with van der Waals surface area (Å²) in [6, 6.07) is 5.75. The van der Waals surface area contributed by atoms with Gasteiger partial charge in [-0.3, -0.25) is 4.21 Å². The number of anilines is 1. The van der Waals surface area contributed by atoms with E-state index in [0.29, 0.717) is 17.1 Å². The third-order valence-corrected chi connectivity index (χ3v) is 5.85. The second kappa shape index (κ2) is 5.43. The number of hydrogen-bond donors (Lipinski definition) is 1. The average molecular weight is 265 g/mol. The summed E-state index contributed by atoms with van der Waals surface area (Å²) in [6.45, 7) is 6.51. The average Bonchev–Trinajstić information content (AvgIpc) is 2.30.